The second-order valence-electron chi connectivity index (χ2n) is 10.2. The van der Waals surface area contributed by atoms with Gasteiger partial charge in [-0.05, 0) is 56.7 Å². The van der Waals surface area contributed by atoms with Gasteiger partial charge in [0, 0.05) is 0 Å². The SMILES string of the molecule is Cc1cc(-c2ccc(-c3ccccc3)cc2)c(C(C)(C)C)cc1C(C)(C)C.OP(O)OP(O)O. The van der Waals surface area contributed by atoms with Gasteiger partial charge in [0.05, 0.1) is 0 Å². The summed E-state index contributed by atoms with van der Waals surface area (Å²) in [7, 11) is -5.22. The molecule has 3 aromatic carbocycles. The first kappa shape index (κ1) is 28.6. The second kappa shape index (κ2) is 11.8. The molecule has 0 radical (unpaired) electrons. The van der Waals surface area contributed by atoms with E-state index in [1.54, 1.807) is 0 Å². The molecule has 3 rings (SSSR count). The van der Waals surface area contributed by atoms with Crippen LogP contribution < -0.4 is 0 Å². The van der Waals surface area contributed by atoms with Gasteiger partial charge in [-0.25, -0.2) is 4.31 Å². The number of aryl methyl sites for hydroxylation is 1. The topological polar surface area (TPSA) is 90.2 Å². The molecule has 0 atom stereocenters. The highest BCUT2D eigenvalue weighted by atomic mass is 31.2. The fraction of sp³-hybridized carbons (Fsp3) is 0.333. The van der Waals surface area contributed by atoms with Crippen LogP contribution in [0, 0.1) is 6.92 Å². The fourth-order valence-corrected chi connectivity index (χ4v) is 4.44. The van der Waals surface area contributed by atoms with E-state index in [-0.39, 0.29) is 10.8 Å². The van der Waals surface area contributed by atoms with Gasteiger partial charge < -0.3 is 19.6 Å². The summed E-state index contributed by atoms with van der Waals surface area (Å²) in [4.78, 5) is 31.3. The number of hydrogen-bond acceptors (Lipinski definition) is 5. The molecular formula is C27H36O5P2. The van der Waals surface area contributed by atoms with Gasteiger partial charge in [-0.2, -0.15) is 0 Å². The minimum atomic E-state index is -2.61. The van der Waals surface area contributed by atoms with Gasteiger partial charge in [0.1, 0.15) is 0 Å². The number of hydrogen-bond donors (Lipinski definition) is 4. The van der Waals surface area contributed by atoms with E-state index >= 15 is 0 Å². The molecule has 0 aliphatic heterocycles. The Kier molecular flexibility index (Phi) is 9.94. The number of benzene rings is 3. The molecule has 0 heterocycles. The van der Waals surface area contributed by atoms with Crippen molar-refractivity contribution in [3.63, 3.8) is 0 Å². The minimum Gasteiger partial charge on any atom is -0.328 e. The second-order valence-corrected chi connectivity index (χ2v) is 11.9. The Morgan fingerprint density at radius 1 is 0.588 bits per heavy atom. The summed E-state index contributed by atoms with van der Waals surface area (Å²) >= 11 is 0. The normalized spacial score (nSPS) is 12.0. The Morgan fingerprint density at radius 3 is 1.44 bits per heavy atom. The highest BCUT2D eigenvalue weighted by Crippen LogP contribution is 2.42. The Balaban J connectivity index is 0.000000509. The molecule has 0 aliphatic rings. The zero-order valence-electron chi connectivity index (χ0n) is 20.9. The van der Waals surface area contributed by atoms with Crippen molar-refractivity contribution >= 4 is 17.2 Å². The van der Waals surface area contributed by atoms with Crippen LogP contribution in [0.3, 0.4) is 0 Å². The molecular weight excluding hydrogens is 466 g/mol. The van der Waals surface area contributed by atoms with Crippen LogP contribution >= 0.6 is 17.2 Å². The summed E-state index contributed by atoms with van der Waals surface area (Å²) in [5, 5.41) is 0. The van der Waals surface area contributed by atoms with Crippen molar-refractivity contribution in [3.05, 3.63) is 83.4 Å². The van der Waals surface area contributed by atoms with Crippen molar-refractivity contribution < 1.29 is 23.9 Å². The molecule has 184 valence electrons. The molecule has 0 unspecified atom stereocenters. The third kappa shape index (κ3) is 8.22. The maximum Gasteiger partial charge on any atom is 0.334 e. The molecule has 0 amide bonds. The number of rotatable bonds is 4. The molecule has 0 bridgehead atoms. The van der Waals surface area contributed by atoms with Crippen LogP contribution in [0.2, 0.25) is 0 Å². The van der Waals surface area contributed by atoms with Gasteiger partial charge in [0.25, 0.3) is 0 Å². The Morgan fingerprint density at radius 2 is 1.03 bits per heavy atom. The predicted octanol–water partition coefficient (Wildman–Crippen LogP) is 7.35. The summed E-state index contributed by atoms with van der Waals surface area (Å²) in [5.41, 5.74) is 9.66. The van der Waals surface area contributed by atoms with Crippen molar-refractivity contribution in [1.82, 2.24) is 0 Å². The first-order valence-corrected chi connectivity index (χ1v) is 13.4. The van der Waals surface area contributed by atoms with Crippen LogP contribution in [0.4, 0.5) is 0 Å². The average Bonchev–Trinajstić information content (AvgIpc) is 2.72. The zero-order chi connectivity index (χ0) is 25.7. The quantitative estimate of drug-likeness (QED) is 0.280. The molecule has 0 aliphatic carbocycles. The third-order valence-corrected chi connectivity index (χ3v) is 6.60. The average molecular weight is 503 g/mol. The van der Waals surface area contributed by atoms with Crippen LogP contribution in [-0.4, -0.2) is 19.6 Å². The van der Waals surface area contributed by atoms with E-state index in [4.69, 9.17) is 19.6 Å². The maximum atomic E-state index is 7.82. The molecule has 4 N–H and O–H groups in total. The Hall–Kier alpha value is -1.68. The van der Waals surface area contributed by atoms with E-state index in [1.807, 2.05) is 0 Å². The molecule has 0 spiro atoms. The first-order chi connectivity index (χ1) is 15.7. The van der Waals surface area contributed by atoms with Crippen LogP contribution in [-0.2, 0) is 15.1 Å². The van der Waals surface area contributed by atoms with Crippen molar-refractivity contribution in [2.75, 3.05) is 0 Å². The van der Waals surface area contributed by atoms with Crippen LogP contribution in [0.1, 0.15) is 58.2 Å². The molecule has 3 aromatic rings. The summed E-state index contributed by atoms with van der Waals surface area (Å²) in [6, 6.07) is 24.4. The van der Waals surface area contributed by atoms with Gasteiger partial charge in [-0.1, -0.05) is 108 Å². The van der Waals surface area contributed by atoms with E-state index < -0.39 is 17.2 Å². The lowest BCUT2D eigenvalue weighted by molar-refractivity contribution is 0.324. The largest absolute Gasteiger partial charge is 0.334 e. The summed E-state index contributed by atoms with van der Waals surface area (Å²) in [5.74, 6) is 0. The van der Waals surface area contributed by atoms with Crippen molar-refractivity contribution in [2.24, 2.45) is 0 Å². The standard InChI is InChI=1S/C27H32.H4O5P2/c1-19-17-23(25(27(5,6)7)18-24(19)26(2,3)4)22-15-13-21(14-16-22)20-11-9-8-10-12-20;1-6(2)5-7(3)4/h8-18H,1-7H3;1-4H. The van der Waals surface area contributed by atoms with Crippen LogP contribution in [0.5, 0.6) is 0 Å². The maximum absolute atomic E-state index is 7.82. The highest BCUT2D eigenvalue weighted by molar-refractivity contribution is 7.53. The summed E-state index contributed by atoms with van der Waals surface area (Å²) < 4.78 is 3.60. The molecule has 7 heteroatoms. The van der Waals surface area contributed by atoms with Gasteiger partial charge in [-0.3, -0.25) is 0 Å². The monoisotopic (exact) mass is 502 g/mol. The van der Waals surface area contributed by atoms with Crippen molar-refractivity contribution in [2.45, 2.75) is 59.3 Å². The highest BCUT2D eigenvalue weighted by Gasteiger charge is 2.24. The fourth-order valence-electron chi connectivity index (χ4n) is 3.91. The summed E-state index contributed by atoms with van der Waals surface area (Å²) in [6.07, 6.45) is 0. The minimum absolute atomic E-state index is 0.0983. The lowest BCUT2D eigenvalue weighted by Gasteiger charge is -2.29. The van der Waals surface area contributed by atoms with Gasteiger partial charge >= 0.3 is 17.2 Å². The van der Waals surface area contributed by atoms with Gasteiger partial charge in [-0.15, -0.1) is 0 Å². The smallest absolute Gasteiger partial charge is 0.328 e. The van der Waals surface area contributed by atoms with E-state index in [9.17, 15) is 0 Å². The molecule has 0 fully saturated rings. The third-order valence-electron chi connectivity index (χ3n) is 5.43. The van der Waals surface area contributed by atoms with Crippen LogP contribution in [0.15, 0.2) is 66.7 Å². The van der Waals surface area contributed by atoms with Gasteiger partial charge in [0.15, 0.2) is 0 Å². The molecule has 0 aromatic heterocycles. The van der Waals surface area contributed by atoms with Crippen molar-refractivity contribution in [1.29, 1.82) is 0 Å². The molecule has 34 heavy (non-hydrogen) atoms. The lowest BCUT2D eigenvalue weighted by atomic mass is 9.75. The molecule has 0 saturated heterocycles. The van der Waals surface area contributed by atoms with E-state index in [2.05, 4.69) is 120 Å². The van der Waals surface area contributed by atoms with E-state index in [1.165, 1.54) is 38.9 Å². The summed E-state index contributed by atoms with van der Waals surface area (Å²) in [6.45, 7) is 16.1. The lowest BCUT2D eigenvalue weighted by Crippen LogP contribution is -2.18. The van der Waals surface area contributed by atoms with Gasteiger partial charge in [0.2, 0.25) is 0 Å². The first-order valence-electron chi connectivity index (χ1n) is 11.1. The van der Waals surface area contributed by atoms with Crippen LogP contribution in [0.25, 0.3) is 22.3 Å². The molecule has 0 saturated carbocycles. The van der Waals surface area contributed by atoms with Crippen molar-refractivity contribution in [3.8, 4) is 22.3 Å². The Bertz CT molecular complexity index is 1050. The van der Waals surface area contributed by atoms with E-state index in [0.29, 0.717) is 0 Å². The Labute approximate surface area is 206 Å². The van der Waals surface area contributed by atoms with E-state index in [0.717, 1.165) is 0 Å². The predicted molar refractivity (Wildman–Crippen MR) is 143 cm³/mol. The zero-order valence-corrected chi connectivity index (χ0v) is 22.7. The molecule has 5 nitrogen and oxygen atoms in total.